The summed E-state index contributed by atoms with van der Waals surface area (Å²) in [7, 11) is 0. The van der Waals surface area contributed by atoms with E-state index in [1.165, 1.54) is 25.6 Å². The molecular formula is C51H30N4OS. The first-order valence-corrected chi connectivity index (χ1v) is 19.8. The second kappa shape index (κ2) is 12.6. The lowest BCUT2D eigenvalue weighted by Crippen LogP contribution is -2.00. The predicted octanol–water partition coefficient (Wildman–Crippen LogP) is 13.9. The van der Waals surface area contributed by atoms with Crippen molar-refractivity contribution in [3.8, 4) is 51.0 Å². The Bertz CT molecular complexity index is 3420. The van der Waals surface area contributed by atoms with Crippen LogP contribution in [0.5, 0.6) is 0 Å². The van der Waals surface area contributed by atoms with Gasteiger partial charge in [0.15, 0.2) is 23.1 Å². The first-order valence-electron chi connectivity index (χ1n) is 19.0. The van der Waals surface area contributed by atoms with Crippen LogP contribution in [0.15, 0.2) is 186 Å². The summed E-state index contributed by atoms with van der Waals surface area (Å²) >= 11 is 1.80. The summed E-state index contributed by atoms with van der Waals surface area (Å²) in [5.41, 5.74) is 10.2. The number of nitrogens with zero attached hydrogens (tertiary/aromatic N) is 4. The Hall–Kier alpha value is -7.41. The molecule has 266 valence electrons. The van der Waals surface area contributed by atoms with Crippen LogP contribution in [0.3, 0.4) is 0 Å². The molecule has 0 bridgehead atoms. The summed E-state index contributed by atoms with van der Waals surface area (Å²) in [5.74, 6) is 1.93. The minimum Gasteiger partial charge on any atom is -0.454 e. The van der Waals surface area contributed by atoms with Crippen LogP contribution >= 0.6 is 11.3 Å². The van der Waals surface area contributed by atoms with Crippen molar-refractivity contribution < 1.29 is 4.42 Å². The van der Waals surface area contributed by atoms with Crippen LogP contribution in [0.4, 0.5) is 0 Å². The minimum atomic E-state index is 0.643. The van der Waals surface area contributed by atoms with E-state index in [0.717, 1.165) is 71.9 Å². The fourth-order valence-corrected chi connectivity index (χ4v) is 9.78. The molecule has 0 saturated carbocycles. The molecule has 5 nitrogen and oxygen atoms in total. The van der Waals surface area contributed by atoms with Gasteiger partial charge in [0.2, 0.25) is 0 Å². The van der Waals surface area contributed by atoms with Gasteiger partial charge in [-0.1, -0.05) is 146 Å². The van der Waals surface area contributed by atoms with Crippen LogP contribution < -0.4 is 0 Å². The van der Waals surface area contributed by atoms with Crippen molar-refractivity contribution in [3.63, 3.8) is 0 Å². The van der Waals surface area contributed by atoms with Crippen molar-refractivity contribution in [1.82, 2.24) is 19.5 Å². The lowest BCUT2D eigenvalue weighted by Gasteiger charge is -2.11. The number of thiophene rings is 1. The molecule has 0 N–H and O–H groups in total. The third-order valence-corrected chi connectivity index (χ3v) is 12.2. The summed E-state index contributed by atoms with van der Waals surface area (Å²) in [6.45, 7) is 0. The highest BCUT2D eigenvalue weighted by Crippen LogP contribution is 2.47. The topological polar surface area (TPSA) is 56.7 Å². The second-order valence-corrected chi connectivity index (χ2v) is 15.4. The maximum atomic E-state index is 6.91. The molecule has 0 aliphatic heterocycles. The van der Waals surface area contributed by atoms with Crippen LogP contribution in [0.25, 0.3) is 115 Å². The third kappa shape index (κ3) is 4.91. The van der Waals surface area contributed by atoms with Crippen molar-refractivity contribution in [1.29, 1.82) is 0 Å². The summed E-state index contributed by atoms with van der Waals surface area (Å²) in [6.07, 6.45) is 0. The fraction of sp³-hybridized carbons (Fsp3) is 0. The lowest BCUT2D eigenvalue weighted by molar-refractivity contribution is 0.666. The van der Waals surface area contributed by atoms with Gasteiger partial charge in [-0.05, 0) is 47.5 Å². The molecule has 0 aliphatic carbocycles. The van der Waals surface area contributed by atoms with Gasteiger partial charge in [-0.15, -0.1) is 11.3 Å². The molecule has 0 aliphatic rings. The van der Waals surface area contributed by atoms with Crippen LogP contribution in [0.1, 0.15) is 0 Å². The predicted molar refractivity (Wildman–Crippen MR) is 236 cm³/mol. The van der Waals surface area contributed by atoms with Crippen molar-refractivity contribution in [3.05, 3.63) is 182 Å². The SMILES string of the molecule is c1ccc(-c2nc(-c3ccccc3)nc(-c3cccc4sc5cccc(-c6cccc7oc8c(-n9c%10ccccc%10c%10ccccc%109)cccc8c67)c5c34)n2)cc1. The summed E-state index contributed by atoms with van der Waals surface area (Å²) in [5, 5.41) is 6.92. The van der Waals surface area contributed by atoms with Crippen LogP contribution in [0.2, 0.25) is 0 Å². The molecule has 0 spiro atoms. The third-order valence-electron chi connectivity index (χ3n) is 11.1. The molecule has 0 saturated heterocycles. The summed E-state index contributed by atoms with van der Waals surface area (Å²) < 4.78 is 11.6. The number of rotatable bonds is 5. The van der Waals surface area contributed by atoms with Gasteiger partial charge >= 0.3 is 0 Å². The Morgan fingerprint density at radius 3 is 1.53 bits per heavy atom. The lowest BCUT2D eigenvalue weighted by atomic mass is 9.94. The number of furan rings is 1. The van der Waals surface area contributed by atoms with Gasteiger partial charge in [0.1, 0.15) is 5.58 Å². The smallest absolute Gasteiger partial charge is 0.164 e. The summed E-state index contributed by atoms with van der Waals surface area (Å²) in [4.78, 5) is 15.3. The number of para-hydroxylation sites is 3. The first kappa shape index (κ1) is 31.9. The van der Waals surface area contributed by atoms with Gasteiger partial charge in [-0.25, -0.2) is 15.0 Å². The van der Waals surface area contributed by atoms with E-state index in [0.29, 0.717) is 17.5 Å². The Morgan fingerprint density at radius 1 is 0.386 bits per heavy atom. The zero-order valence-corrected chi connectivity index (χ0v) is 31.2. The Morgan fingerprint density at radius 2 is 0.877 bits per heavy atom. The Kier molecular flexibility index (Phi) is 7.03. The average molecular weight is 747 g/mol. The zero-order chi connectivity index (χ0) is 37.5. The number of benzene rings is 8. The van der Waals surface area contributed by atoms with Crippen LogP contribution in [-0.2, 0) is 0 Å². The number of fused-ring (bicyclic) bond motifs is 9. The van der Waals surface area contributed by atoms with Crippen molar-refractivity contribution in [2.45, 2.75) is 0 Å². The molecule has 0 atom stereocenters. The van der Waals surface area contributed by atoms with E-state index in [1.54, 1.807) is 11.3 Å². The Labute approximate surface area is 330 Å². The van der Waals surface area contributed by atoms with E-state index < -0.39 is 0 Å². The zero-order valence-electron chi connectivity index (χ0n) is 30.4. The molecule has 12 rings (SSSR count). The monoisotopic (exact) mass is 746 g/mol. The normalized spacial score (nSPS) is 11.9. The first-order chi connectivity index (χ1) is 28.3. The highest BCUT2D eigenvalue weighted by atomic mass is 32.1. The van der Waals surface area contributed by atoms with Gasteiger partial charge in [0, 0.05) is 58.4 Å². The molecule has 4 aromatic heterocycles. The van der Waals surface area contributed by atoms with Gasteiger partial charge in [-0.2, -0.15) is 0 Å². The van der Waals surface area contributed by atoms with Gasteiger partial charge in [0.05, 0.1) is 16.7 Å². The van der Waals surface area contributed by atoms with Crippen molar-refractivity contribution >= 4 is 75.3 Å². The highest BCUT2D eigenvalue weighted by Gasteiger charge is 2.23. The van der Waals surface area contributed by atoms with Crippen molar-refractivity contribution in [2.75, 3.05) is 0 Å². The fourth-order valence-electron chi connectivity index (χ4n) is 8.62. The molecule has 57 heavy (non-hydrogen) atoms. The minimum absolute atomic E-state index is 0.643. The molecule has 4 heterocycles. The molecule has 0 fully saturated rings. The van der Waals surface area contributed by atoms with Crippen LogP contribution in [-0.4, -0.2) is 19.5 Å². The molecule has 8 aromatic carbocycles. The van der Waals surface area contributed by atoms with E-state index >= 15 is 0 Å². The van der Waals surface area contributed by atoms with E-state index in [4.69, 9.17) is 19.4 Å². The second-order valence-electron chi connectivity index (χ2n) is 14.3. The van der Waals surface area contributed by atoms with E-state index in [9.17, 15) is 0 Å². The van der Waals surface area contributed by atoms with E-state index in [1.807, 2.05) is 36.4 Å². The molecule has 0 unspecified atom stereocenters. The number of aromatic nitrogens is 4. The largest absolute Gasteiger partial charge is 0.454 e. The quantitative estimate of drug-likeness (QED) is 0.176. The molecule has 6 heteroatoms. The summed E-state index contributed by atoms with van der Waals surface area (Å²) in [6, 6.07) is 63.6. The van der Waals surface area contributed by atoms with E-state index in [2.05, 4.69) is 150 Å². The Balaban J connectivity index is 1.12. The number of hydrogen-bond acceptors (Lipinski definition) is 5. The molecular weight excluding hydrogens is 717 g/mol. The van der Waals surface area contributed by atoms with Gasteiger partial charge in [-0.3, -0.25) is 0 Å². The number of hydrogen-bond donors (Lipinski definition) is 0. The maximum absolute atomic E-state index is 6.91. The maximum Gasteiger partial charge on any atom is 0.164 e. The highest BCUT2D eigenvalue weighted by molar-refractivity contribution is 7.26. The van der Waals surface area contributed by atoms with Crippen LogP contribution in [0, 0.1) is 0 Å². The van der Waals surface area contributed by atoms with Gasteiger partial charge in [0.25, 0.3) is 0 Å². The average Bonchev–Trinajstić information content (AvgIpc) is 3.97. The molecule has 0 amide bonds. The molecule has 0 radical (unpaired) electrons. The van der Waals surface area contributed by atoms with Crippen molar-refractivity contribution in [2.24, 2.45) is 0 Å². The van der Waals surface area contributed by atoms with E-state index in [-0.39, 0.29) is 0 Å². The standard InChI is InChI=1S/C51H30N4OS/c1-3-15-31(16-4-1)49-52-50(32-17-5-2-6-18-32)54-51(53-49)38-24-14-30-44-47(38)46-36(22-13-29-43(46)57-44)35-21-12-28-42-45(35)37-23-11-27-41(48(37)56-42)55-39-25-9-7-19-33(39)34-20-8-10-26-40(34)55/h1-30H. The van der Waals surface area contributed by atoms with Gasteiger partial charge < -0.3 is 8.98 Å². The molecule has 12 aromatic rings.